The molecular weight excluding hydrogens is 452 g/mol. The number of carbonyl (C=O) groups is 2. The third kappa shape index (κ3) is 4.40. The summed E-state index contributed by atoms with van der Waals surface area (Å²) in [6, 6.07) is 0. The van der Waals surface area contributed by atoms with Crippen molar-refractivity contribution in [3.63, 3.8) is 0 Å². The van der Waals surface area contributed by atoms with Crippen molar-refractivity contribution in [3.8, 4) is 0 Å². The second-order valence-electron chi connectivity index (χ2n) is 13.4. The summed E-state index contributed by atoms with van der Waals surface area (Å²) >= 11 is 0. The Balaban J connectivity index is 1.36. The Kier molecular flexibility index (Phi) is 7.46. The Labute approximate surface area is 217 Å². The summed E-state index contributed by atoms with van der Waals surface area (Å²) in [5, 5.41) is 9.23. The van der Waals surface area contributed by atoms with Gasteiger partial charge in [0.2, 0.25) is 0 Å². The minimum atomic E-state index is -0.695. The second kappa shape index (κ2) is 10.2. The first-order valence-corrected chi connectivity index (χ1v) is 14.9. The number of hydrogen-bond donors (Lipinski definition) is 1. The van der Waals surface area contributed by atoms with Crippen LogP contribution in [0.25, 0.3) is 0 Å². The van der Waals surface area contributed by atoms with Crippen LogP contribution in [0.15, 0.2) is 11.6 Å². The Hall–Kier alpha value is -1.20. The van der Waals surface area contributed by atoms with Crippen molar-refractivity contribution in [1.82, 2.24) is 0 Å². The zero-order valence-corrected chi connectivity index (χ0v) is 23.0. The molecule has 1 N–H and O–H groups in total. The van der Waals surface area contributed by atoms with Gasteiger partial charge in [0.1, 0.15) is 0 Å². The summed E-state index contributed by atoms with van der Waals surface area (Å²) in [7, 11) is 0. The van der Waals surface area contributed by atoms with Crippen LogP contribution in [0.2, 0.25) is 0 Å². The SMILES string of the molecule is C/C=C1/C(=O)C2C3CCC([C@H](C)CCC(=O)O)[C@@]3(C)CCC2[C@@]2(C)CC[C@@H](OC3CCCCO3)C[C@@H]12. The van der Waals surface area contributed by atoms with Gasteiger partial charge in [0, 0.05) is 18.9 Å². The third-order valence-corrected chi connectivity index (χ3v) is 11.7. The van der Waals surface area contributed by atoms with E-state index in [9.17, 15) is 14.7 Å². The number of carbonyl (C=O) groups excluding carboxylic acids is 1. The molecule has 0 aromatic rings. The normalized spacial score (nSPS) is 46.6. The highest BCUT2D eigenvalue weighted by Gasteiger charge is 2.64. The van der Waals surface area contributed by atoms with Crippen molar-refractivity contribution in [2.45, 2.75) is 117 Å². The molecule has 202 valence electrons. The Bertz CT molecular complexity index is 874. The zero-order valence-electron chi connectivity index (χ0n) is 23.0. The lowest BCUT2D eigenvalue weighted by Gasteiger charge is -2.61. The summed E-state index contributed by atoms with van der Waals surface area (Å²) in [5.41, 5.74) is 1.38. The molecule has 4 saturated carbocycles. The molecule has 0 aromatic heterocycles. The standard InChI is InChI=1S/C31H48O5/c1-5-21-25-18-20(36-27-8-6-7-17-35-27)13-15-31(25,4)24-14-16-30(3)22(19(2)9-12-26(32)33)10-11-23(30)28(24)29(21)34/h5,19-20,22-25,27-28H,6-18H2,1-4H3,(H,32,33)/b21-5+/t19-,20-,22?,23?,24?,25+,27?,28?,30-,31-/m1/s1. The van der Waals surface area contributed by atoms with Gasteiger partial charge >= 0.3 is 5.97 Å². The van der Waals surface area contributed by atoms with E-state index in [2.05, 4.69) is 33.8 Å². The maximum absolute atomic E-state index is 14.2. The summed E-state index contributed by atoms with van der Waals surface area (Å²) in [6.45, 7) is 10.0. The maximum Gasteiger partial charge on any atom is 0.303 e. The predicted octanol–water partition coefficient (Wildman–Crippen LogP) is 6.79. The van der Waals surface area contributed by atoms with Gasteiger partial charge in [-0.05, 0) is 124 Å². The highest BCUT2D eigenvalue weighted by Crippen LogP contribution is 2.68. The summed E-state index contributed by atoms with van der Waals surface area (Å²) in [6.07, 6.45) is 14.3. The first kappa shape index (κ1) is 26.4. The number of Topliss-reactive ketones (excluding diaryl/α,β-unsaturated/α-hetero) is 1. The highest BCUT2D eigenvalue weighted by atomic mass is 16.7. The van der Waals surface area contributed by atoms with Crippen LogP contribution < -0.4 is 0 Å². The first-order valence-electron chi connectivity index (χ1n) is 14.9. The summed E-state index contributed by atoms with van der Waals surface area (Å²) in [5.74, 6) is 1.95. The van der Waals surface area contributed by atoms with E-state index in [4.69, 9.17) is 9.47 Å². The molecule has 5 aliphatic rings. The number of ether oxygens (including phenoxy) is 2. The van der Waals surface area contributed by atoms with Gasteiger partial charge < -0.3 is 14.6 Å². The van der Waals surface area contributed by atoms with E-state index >= 15 is 0 Å². The number of carboxylic acids is 1. The van der Waals surface area contributed by atoms with Crippen LogP contribution in [0.5, 0.6) is 0 Å². The maximum atomic E-state index is 14.2. The summed E-state index contributed by atoms with van der Waals surface area (Å²) in [4.78, 5) is 25.5. The molecule has 1 aliphatic heterocycles. The van der Waals surface area contributed by atoms with Crippen molar-refractivity contribution in [2.24, 2.45) is 46.3 Å². The molecule has 1 saturated heterocycles. The Morgan fingerprint density at radius 3 is 2.56 bits per heavy atom. The quantitative estimate of drug-likeness (QED) is 0.321. The first-order chi connectivity index (χ1) is 17.2. The van der Waals surface area contributed by atoms with Gasteiger partial charge in [0.05, 0.1) is 6.10 Å². The van der Waals surface area contributed by atoms with Gasteiger partial charge in [0.15, 0.2) is 12.1 Å². The monoisotopic (exact) mass is 500 g/mol. The van der Waals surface area contributed by atoms with E-state index in [0.717, 1.165) is 70.0 Å². The number of ketones is 1. The van der Waals surface area contributed by atoms with Gasteiger partial charge in [-0.15, -0.1) is 0 Å². The number of hydrogen-bond acceptors (Lipinski definition) is 4. The minimum Gasteiger partial charge on any atom is -0.481 e. The predicted molar refractivity (Wildman–Crippen MR) is 139 cm³/mol. The average Bonchev–Trinajstić information content (AvgIpc) is 3.21. The van der Waals surface area contributed by atoms with Crippen molar-refractivity contribution < 1.29 is 24.2 Å². The number of fused-ring (bicyclic) bond motifs is 5. The lowest BCUT2D eigenvalue weighted by Crippen LogP contribution is -2.58. The number of rotatable bonds is 6. The van der Waals surface area contributed by atoms with E-state index in [-0.39, 0.29) is 41.5 Å². The molecule has 1 heterocycles. The van der Waals surface area contributed by atoms with Crippen LogP contribution >= 0.6 is 0 Å². The molecule has 36 heavy (non-hydrogen) atoms. The van der Waals surface area contributed by atoms with Crippen LogP contribution in [-0.4, -0.2) is 35.9 Å². The molecule has 5 fully saturated rings. The largest absolute Gasteiger partial charge is 0.481 e. The Morgan fingerprint density at radius 1 is 1.11 bits per heavy atom. The third-order valence-electron chi connectivity index (χ3n) is 11.7. The number of allylic oxidation sites excluding steroid dienone is 2. The van der Waals surface area contributed by atoms with Crippen LogP contribution in [-0.2, 0) is 19.1 Å². The fourth-order valence-corrected chi connectivity index (χ4v) is 9.86. The average molecular weight is 501 g/mol. The molecular formula is C31H48O5. The van der Waals surface area contributed by atoms with Gasteiger partial charge in [0.25, 0.3) is 0 Å². The van der Waals surface area contributed by atoms with E-state index < -0.39 is 5.97 Å². The number of aliphatic carboxylic acids is 1. The van der Waals surface area contributed by atoms with Crippen LogP contribution in [0.1, 0.15) is 105 Å². The molecule has 0 radical (unpaired) electrons. The van der Waals surface area contributed by atoms with Gasteiger partial charge in [-0.3, -0.25) is 9.59 Å². The number of carboxylic acid groups (broad SMARTS) is 1. The molecule has 5 rings (SSSR count). The molecule has 5 heteroatoms. The van der Waals surface area contributed by atoms with Gasteiger partial charge in [-0.1, -0.05) is 26.8 Å². The van der Waals surface area contributed by atoms with Gasteiger partial charge in [-0.25, -0.2) is 0 Å². The Morgan fingerprint density at radius 2 is 1.86 bits per heavy atom. The molecule has 5 nitrogen and oxygen atoms in total. The fourth-order valence-electron chi connectivity index (χ4n) is 9.86. The van der Waals surface area contributed by atoms with E-state index in [1.165, 1.54) is 12.8 Å². The lowest BCUT2D eigenvalue weighted by molar-refractivity contribution is -0.207. The van der Waals surface area contributed by atoms with Gasteiger partial charge in [-0.2, -0.15) is 0 Å². The second-order valence-corrected chi connectivity index (χ2v) is 13.4. The molecule has 4 aliphatic carbocycles. The molecule has 0 amide bonds. The van der Waals surface area contributed by atoms with E-state index in [0.29, 0.717) is 29.5 Å². The fraction of sp³-hybridized carbons (Fsp3) is 0.871. The van der Waals surface area contributed by atoms with E-state index in [1.807, 2.05) is 0 Å². The molecule has 10 atom stereocenters. The smallest absolute Gasteiger partial charge is 0.303 e. The lowest BCUT2D eigenvalue weighted by atomic mass is 9.43. The van der Waals surface area contributed by atoms with E-state index in [1.54, 1.807) is 0 Å². The van der Waals surface area contributed by atoms with Crippen LogP contribution in [0.4, 0.5) is 0 Å². The topological polar surface area (TPSA) is 72.8 Å². The summed E-state index contributed by atoms with van der Waals surface area (Å²) < 4.78 is 12.3. The molecule has 0 spiro atoms. The van der Waals surface area contributed by atoms with Crippen LogP contribution in [0, 0.1) is 46.3 Å². The zero-order chi connectivity index (χ0) is 25.7. The van der Waals surface area contributed by atoms with Crippen molar-refractivity contribution in [1.29, 1.82) is 0 Å². The molecule has 5 unspecified atom stereocenters. The minimum absolute atomic E-state index is 0.0665. The molecule has 0 bridgehead atoms. The molecule has 0 aromatic carbocycles. The van der Waals surface area contributed by atoms with Crippen molar-refractivity contribution in [2.75, 3.05) is 6.61 Å². The van der Waals surface area contributed by atoms with Crippen LogP contribution in [0.3, 0.4) is 0 Å². The highest BCUT2D eigenvalue weighted by molar-refractivity contribution is 5.99. The van der Waals surface area contributed by atoms with Crippen molar-refractivity contribution in [3.05, 3.63) is 11.6 Å². The van der Waals surface area contributed by atoms with Crippen molar-refractivity contribution >= 4 is 11.8 Å².